The van der Waals surface area contributed by atoms with Gasteiger partial charge in [-0.3, -0.25) is 9.52 Å². The molecule has 0 radical (unpaired) electrons. The average Bonchev–Trinajstić information content (AvgIpc) is 3.16. The number of carbonyl (C=O) groups excluding carboxylic acids is 1. The fraction of sp³-hybridized carbons (Fsp3) is 0.316. The molecule has 0 aliphatic carbocycles. The van der Waals surface area contributed by atoms with Crippen LogP contribution < -0.4 is 15.4 Å². The van der Waals surface area contributed by atoms with E-state index in [2.05, 4.69) is 15.4 Å². The molecule has 138 valence electrons. The van der Waals surface area contributed by atoms with E-state index in [-0.39, 0.29) is 10.8 Å². The summed E-state index contributed by atoms with van der Waals surface area (Å²) < 4.78 is 27.1. The predicted molar refractivity (Wildman–Crippen MR) is 102 cm³/mol. The predicted octanol–water partition coefficient (Wildman–Crippen LogP) is 2.22. The van der Waals surface area contributed by atoms with Crippen LogP contribution in [0.5, 0.6) is 0 Å². The van der Waals surface area contributed by atoms with Crippen LogP contribution in [0.25, 0.3) is 0 Å². The zero-order valence-electron chi connectivity index (χ0n) is 14.4. The Balaban J connectivity index is 1.55. The summed E-state index contributed by atoms with van der Waals surface area (Å²) in [6.45, 7) is 2.72. The molecule has 3 rings (SSSR count). The number of sulfonamides is 1. The molecule has 7 heteroatoms. The highest BCUT2D eigenvalue weighted by atomic mass is 32.2. The van der Waals surface area contributed by atoms with Gasteiger partial charge in [-0.2, -0.15) is 0 Å². The van der Waals surface area contributed by atoms with E-state index in [1.165, 1.54) is 12.1 Å². The number of hydrogen-bond acceptors (Lipinski definition) is 4. The van der Waals surface area contributed by atoms with Crippen molar-refractivity contribution in [3.63, 3.8) is 0 Å². The Morgan fingerprint density at radius 1 is 1.08 bits per heavy atom. The molecule has 1 fully saturated rings. The van der Waals surface area contributed by atoms with Crippen LogP contribution in [0.4, 0.5) is 5.69 Å². The second-order valence-corrected chi connectivity index (χ2v) is 8.08. The van der Waals surface area contributed by atoms with Crippen molar-refractivity contribution in [1.82, 2.24) is 10.6 Å². The molecule has 1 saturated heterocycles. The zero-order valence-corrected chi connectivity index (χ0v) is 15.3. The number of benzene rings is 2. The second-order valence-electron chi connectivity index (χ2n) is 6.40. The van der Waals surface area contributed by atoms with Crippen molar-refractivity contribution in [3.05, 3.63) is 60.2 Å². The van der Waals surface area contributed by atoms with Crippen LogP contribution in [-0.2, 0) is 10.0 Å². The first kappa shape index (κ1) is 18.4. The minimum absolute atomic E-state index is 0.145. The summed E-state index contributed by atoms with van der Waals surface area (Å²) in [4.78, 5) is 12.4. The van der Waals surface area contributed by atoms with Crippen molar-refractivity contribution in [3.8, 4) is 0 Å². The molecule has 26 heavy (non-hydrogen) atoms. The van der Waals surface area contributed by atoms with E-state index < -0.39 is 10.0 Å². The van der Waals surface area contributed by atoms with Crippen molar-refractivity contribution in [2.24, 2.45) is 5.92 Å². The van der Waals surface area contributed by atoms with Gasteiger partial charge in [0.2, 0.25) is 0 Å². The summed E-state index contributed by atoms with van der Waals surface area (Å²) in [5.74, 6) is 0.485. The molecule has 1 amide bonds. The molecule has 0 aromatic heterocycles. The van der Waals surface area contributed by atoms with Gasteiger partial charge in [0.15, 0.2) is 0 Å². The third-order valence-corrected chi connectivity index (χ3v) is 5.85. The largest absolute Gasteiger partial charge is 0.352 e. The maximum absolute atomic E-state index is 12.3. The van der Waals surface area contributed by atoms with Gasteiger partial charge in [0.1, 0.15) is 0 Å². The number of rotatable bonds is 7. The van der Waals surface area contributed by atoms with E-state index in [0.29, 0.717) is 23.7 Å². The molecule has 1 heterocycles. The topological polar surface area (TPSA) is 87.3 Å². The lowest BCUT2D eigenvalue weighted by atomic mass is 10.1. The molecule has 6 nitrogen and oxygen atoms in total. The Labute approximate surface area is 154 Å². The summed E-state index contributed by atoms with van der Waals surface area (Å²) in [5, 5.41) is 6.22. The summed E-state index contributed by atoms with van der Waals surface area (Å²) in [6, 6.07) is 14.6. The van der Waals surface area contributed by atoms with Crippen LogP contribution in [-0.4, -0.2) is 34.0 Å². The number of hydrogen-bond donors (Lipinski definition) is 3. The Morgan fingerprint density at radius 2 is 1.81 bits per heavy atom. The van der Waals surface area contributed by atoms with Crippen molar-refractivity contribution in [2.45, 2.75) is 17.7 Å². The number of anilines is 1. The van der Waals surface area contributed by atoms with Gasteiger partial charge in [-0.25, -0.2) is 8.42 Å². The molecule has 0 saturated carbocycles. The maximum atomic E-state index is 12.3. The molecule has 1 atom stereocenters. The lowest BCUT2D eigenvalue weighted by Crippen LogP contribution is -2.26. The molecular formula is C19H23N3O3S. The fourth-order valence-electron chi connectivity index (χ4n) is 2.96. The lowest BCUT2D eigenvalue weighted by Gasteiger charge is -2.10. The van der Waals surface area contributed by atoms with Crippen molar-refractivity contribution >= 4 is 21.6 Å². The minimum atomic E-state index is -3.63. The fourth-order valence-corrected chi connectivity index (χ4v) is 4.04. The molecular weight excluding hydrogens is 350 g/mol. The van der Waals surface area contributed by atoms with Crippen LogP contribution in [0, 0.1) is 5.92 Å². The van der Waals surface area contributed by atoms with Crippen molar-refractivity contribution in [2.75, 3.05) is 24.4 Å². The number of nitrogens with one attached hydrogen (secondary N) is 3. The minimum Gasteiger partial charge on any atom is -0.352 e. The Morgan fingerprint density at radius 3 is 2.46 bits per heavy atom. The normalized spacial score (nSPS) is 17.0. The van der Waals surface area contributed by atoms with Crippen LogP contribution in [0.15, 0.2) is 59.5 Å². The summed E-state index contributed by atoms with van der Waals surface area (Å²) in [5.41, 5.74) is 0.930. The monoisotopic (exact) mass is 373 g/mol. The van der Waals surface area contributed by atoms with Gasteiger partial charge < -0.3 is 10.6 Å². The van der Waals surface area contributed by atoms with Gasteiger partial charge in [0.25, 0.3) is 15.9 Å². The van der Waals surface area contributed by atoms with Crippen LogP contribution in [0.3, 0.4) is 0 Å². The summed E-state index contributed by atoms with van der Waals surface area (Å²) in [6.07, 6.45) is 2.12. The van der Waals surface area contributed by atoms with E-state index in [0.717, 1.165) is 25.9 Å². The third kappa shape index (κ3) is 4.83. The molecule has 0 bridgehead atoms. The highest BCUT2D eigenvalue weighted by molar-refractivity contribution is 7.92. The average molecular weight is 373 g/mol. The van der Waals surface area contributed by atoms with E-state index >= 15 is 0 Å². The van der Waals surface area contributed by atoms with Gasteiger partial charge in [-0.15, -0.1) is 0 Å². The first-order valence-corrected chi connectivity index (χ1v) is 10.2. The summed E-state index contributed by atoms with van der Waals surface area (Å²) >= 11 is 0. The van der Waals surface area contributed by atoms with Crippen molar-refractivity contribution < 1.29 is 13.2 Å². The highest BCUT2D eigenvalue weighted by Crippen LogP contribution is 2.16. The van der Waals surface area contributed by atoms with E-state index in [1.54, 1.807) is 42.5 Å². The summed E-state index contributed by atoms with van der Waals surface area (Å²) in [7, 11) is -3.63. The highest BCUT2D eigenvalue weighted by Gasteiger charge is 2.15. The van der Waals surface area contributed by atoms with Crippen LogP contribution in [0.2, 0.25) is 0 Å². The first-order valence-electron chi connectivity index (χ1n) is 8.71. The number of carbonyl (C=O) groups is 1. The molecule has 1 unspecified atom stereocenters. The van der Waals surface area contributed by atoms with Crippen LogP contribution in [0.1, 0.15) is 23.2 Å². The number of amides is 1. The molecule has 3 N–H and O–H groups in total. The molecule has 2 aromatic carbocycles. The molecule has 2 aromatic rings. The second kappa shape index (κ2) is 8.33. The maximum Gasteiger partial charge on any atom is 0.261 e. The Kier molecular flexibility index (Phi) is 5.90. The molecule has 1 aliphatic heterocycles. The Bertz CT molecular complexity index is 830. The van der Waals surface area contributed by atoms with E-state index in [1.807, 2.05) is 0 Å². The molecule has 0 spiro atoms. The zero-order chi connectivity index (χ0) is 18.4. The van der Waals surface area contributed by atoms with Gasteiger partial charge in [0, 0.05) is 17.8 Å². The quantitative estimate of drug-likeness (QED) is 0.694. The van der Waals surface area contributed by atoms with Crippen molar-refractivity contribution in [1.29, 1.82) is 0 Å². The van der Waals surface area contributed by atoms with Gasteiger partial charge in [0.05, 0.1) is 4.90 Å². The first-order chi connectivity index (χ1) is 12.5. The van der Waals surface area contributed by atoms with E-state index in [9.17, 15) is 13.2 Å². The van der Waals surface area contributed by atoms with Gasteiger partial charge in [-0.1, -0.05) is 18.2 Å². The standard InChI is InChI=1S/C19H23N3O3S/c23-19(21-13-11-15-10-12-20-14-15)16-6-8-17(9-7-16)22-26(24,25)18-4-2-1-3-5-18/h1-9,15,20,22H,10-14H2,(H,21,23). The molecule has 1 aliphatic rings. The third-order valence-electron chi connectivity index (χ3n) is 4.45. The lowest BCUT2D eigenvalue weighted by molar-refractivity contribution is 0.0951. The Hall–Kier alpha value is -2.38. The van der Waals surface area contributed by atoms with Gasteiger partial charge >= 0.3 is 0 Å². The van der Waals surface area contributed by atoms with Crippen LogP contribution >= 0.6 is 0 Å². The van der Waals surface area contributed by atoms with E-state index in [4.69, 9.17) is 0 Å². The van der Waals surface area contributed by atoms with Gasteiger partial charge in [-0.05, 0) is 68.2 Å². The smallest absolute Gasteiger partial charge is 0.261 e. The SMILES string of the molecule is O=C(NCCC1CCNC1)c1ccc(NS(=O)(=O)c2ccccc2)cc1.